The number of halogens is 2. The van der Waals surface area contributed by atoms with Crippen molar-refractivity contribution in [3.63, 3.8) is 0 Å². The number of rotatable bonds is 4. The Hall–Kier alpha value is -3.23. The molecule has 0 saturated carbocycles. The standard InChI is InChI=1S/C17H14ClFN8O3S2/c1-25-10-11(26(2)17(30)27(3)12(10)28)21-15(25)32-16-24-23-14(31-16)22-13(29)20-7-4-5-9(19)8(18)6-7/h4-6H,1-3H3,(H2,20,22,23,29). The zero-order valence-corrected chi connectivity index (χ0v) is 19.1. The van der Waals surface area contributed by atoms with Gasteiger partial charge in [0.25, 0.3) is 5.56 Å². The van der Waals surface area contributed by atoms with Crippen molar-refractivity contribution in [2.24, 2.45) is 21.1 Å². The van der Waals surface area contributed by atoms with E-state index in [1.165, 1.54) is 30.8 Å². The molecule has 0 spiro atoms. The number of imidazole rings is 1. The maximum absolute atomic E-state index is 13.2. The highest BCUT2D eigenvalue weighted by Gasteiger charge is 2.19. The van der Waals surface area contributed by atoms with Crippen LogP contribution in [-0.2, 0) is 21.1 Å². The van der Waals surface area contributed by atoms with Crippen LogP contribution in [0.5, 0.6) is 0 Å². The smallest absolute Gasteiger partial charge is 0.316 e. The molecule has 15 heteroatoms. The lowest BCUT2D eigenvalue weighted by Gasteiger charge is -2.05. The van der Waals surface area contributed by atoms with E-state index in [0.717, 1.165) is 33.7 Å². The second-order valence-corrected chi connectivity index (χ2v) is 9.11. The highest BCUT2D eigenvalue weighted by Crippen LogP contribution is 2.32. The normalized spacial score (nSPS) is 11.2. The molecule has 0 fully saturated rings. The molecule has 0 aliphatic heterocycles. The fraction of sp³-hybridized carbons (Fsp3) is 0.176. The molecule has 4 aromatic rings. The quantitative estimate of drug-likeness (QED) is 0.415. The first-order valence-electron chi connectivity index (χ1n) is 8.82. The van der Waals surface area contributed by atoms with E-state index in [0.29, 0.717) is 15.2 Å². The summed E-state index contributed by atoms with van der Waals surface area (Å²) in [6, 6.07) is 3.17. The van der Waals surface area contributed by atoms with E-state index in [-0.39, 0.29) is 21.3 Å². The van der Waals surface area contributed by atoms with Crippen molar-refractivity contribution in [2.75, 3.05) is 10.6 Å². The Morgan fingerprint density at radius 3 is 2.59 bits per heavy atom. The Balaban J connectivity index is 1.52. The van der Waals surface area contributed by atoms with Gasteiger partial charge in [-0.1, -0.05) is 22.9 Å². The molecule has 166 valence electrons. The van der Waals surface area contributed by atoms with Gasteiger partial charge in [-0.2, -0.15) is 0 Å². The number of urea groups is 1. The zero-order chi connectivity index (χ0) is 23.2. The number of carbonyl (C=O) groups excluding carboxylic acids is 1. The molecule has 0 saturated heterocycles. The molecule has 0 radical (unpaired) electrons. The molecule has 32 heavy (non-hydrogen) atoms. The highest BCUT2D eigenvalue weighted by atomic mass is 35.5. The Kier molecular flexibility index (Phi) is 5.75. The van der Waals surface area contributed by atoms with E-state index in [1.807, 2.05) is 0 Å². The molecule has 0 aliphatic carbocycles. The Morgan fingerprint density at radius 1 is 1.12 bits per heavy atom. The van der Waals surface area contributed by atoms with Crippen LogP contribution in [0.25, 0.3) is 11.2 Å². The van der Waals surface area contributed by atoms with Gasteiger partial charge in [0, 0.05) is 26.8 Å². The average Bonchev–Trinajstić information content (AvgIpc) is 3.32. The van der Waals surface area contributed by atoms with E-state index < -0.39 is 23.1 Å². The maximum atomic E-state index is 13.2. The summed E-state index contributed by atoms with van der Waals surface area (Å²) in [5, 5.41) is 13.5. The minimum Gasteiger partial charge on any atom is -0.316 e. The lowest BCUT2D eigenvalue weighted by Crippen LogP contribution is -2.37. The number of fused-ring (bicyclic) bond motifs is 1. The fourth-order valence-corrected chi connectivity index (χ4v) is 4.68. The van der Waals surface area contributed by atoms with Crippen LogP contribution in [0.4, 0.5) is 20.0 Å². The van der Waals surface area contributed by atoms with E-state index in [1.54, 1.807) is 11.6 Å². The molecule has 11 nitrogen and oxygen atoms in total. The van der Waals surface area contributed by atoms with Gasteiger partial charge in [-0.15, -0.1) is 10.2 Å². The largest absolute Gasteiger partial charge is 0.332 e. The molecule has 3 heterocycles. The summed E-state index contributed by atoms with van der Waals surface area (Å²) in [4.78, 5) is 41.1. The molecule has 0 unspecified atom stereocenters. The maximum Gasteiger partial charge on any atom is 0.332 e. The minimum atomic E-state index is -0.610. The Morgan fingerprint density at radius 2 is 1.88 bits per heavy atom. The van der Waals surface area contributed by atoms with Gasteiger partial charge in [0.05, 0.1) is 5.02 Å². The number of aromatic nitrogens is 6. The second kappa shape index (κ2) is 8.37. The zero-order valence-electron chi connectivity index (χ0n) is 16.7. The predicted molar refractivity (Wildman–Crippen MR) is 119 cm³/mol. The SMILES string of the molecule is Cn1c(=O)c2c(nc(Sc3nnc(NC(=O)Nc4ccc(F)c(Cl)c4)s3)n2C)n(C)c1=O. The second-order valence-electron chi connectivity index (χ2n) is 6.51. The molecular formula is C17H14ClFN8O3S2. The minimum absolute atomic E-state index is 0.118. The van der Waals surface area contributed by atoms with E-state index in [9.17, 15) is 18.8 Å². The number of benzene rings is 1. The molecule has 4 rings (SSSR count). The van der Waals surface area contributed by atoms with Gasteiger partial charge in [-0.05, 0) is 30.0 Å². The molecule has 2 N–H and O–H groups in total. The lowest BCUT2D eigenvalue weighted by molar-refractivity contribution is 0.262. The molecule has 1 aromatic carbocycles. The van der Waals surface area contributed by atoms with Crippen LogP contribution >= 0.6 is 34.7 Å². The van der Waals surface area contributed by atoms with Crippen molar-refractivity contribution in [1.82, 2.24) is 28.9 Å². The van der Waals surface area contributed by atoms with Crippen LogP contribution in [0.1, 0.15) is 0 Å². The average molecular weight is 497 g/mol. The molecular weight excluding hydrogens is 483 g/mol. The van der Waals surface area contributed by atoms with Crippen molar-refractivity contribution in [2.45, 2.75) is 9.50 Å². The summed E-state index contributed by atoms with van der Waals surface area (Å²) in [7, 11) is 4.59. The van der Waals surface area contributed by atoms with Crippen molar-refractivity contribution < 1.29 is 9.18 Å². The van der Waals surface area contributed by atoms with Crippen LogP contribution < -0.4 is 21.9 Å². The summed E-state index contributed by atoms with van der Waals surface area (Å²) >= 11 is 7.91. The monoisotopic (exact) mass is 496 g/mol. The lowest BCUT2D eigenvalue weighted by atomic mass is 10.3. The number of nitrogens with one attached hydrogen (secondary N) is 2. The Bertz CT molecular complexity index is 1490. The number of aryl methyl sites for hydroxylation is 2. The number of hydrogen-bond acceptors (Lipinski definition) is 8. The summed E-state index contributed by atoms with van der Waals surface area (Å²) in [5.74, 6) is -0.594. The molecule has 0 aliphatic rings. The van der Waals surface area contributed by atoms with Crippen LogP contribution in [0.15, 0.2) is 37.3 Å². The van der Waals surface area contributed by atoms with Gasteiger partial charge in [0.15, 0.2) is 20.7 Å². The predicted octanol–water partition coefficient (Wildman–Crippen LogP) is 2.41. The number of carbonyl (C=O) groups is 1. The third-order valence-electron chi connectivity index (χ3n) is 4.42. The van der Waals surface area contributed by atoms with Crippen LogP contribution in [0.2, 0.25) is 5.02 Å². The van der Waals surface area contributed by atoms with Gasteiger partial charge in [0.1, 0.15) is 5.82 Å². The molecule has 3 aromatic heterocycles. The van der Waals surface area contributed by atoms with E-state index in [2.05, 4.69) is 25.8 Å². The first-order valence-corrected chi connectivity index (χ1v) is 10.8. The molecule has 0 atom stereocenters. The van der Waals surface area contributed by atoms with Gasteiger partial charge < -0.3 is 9.88 Å². The Labute approximate surface area is 191 Å². The number of amides is 2. The van der Waals surface area contributed by atoms with Gasteiger partial charge >= 0.3 is 11.7 Å². The van der Waals surface area contributed by atoms with Crippen molar-refractivity contribution >= 4 is 62.7 Å². The van der Waals surface area contributed by atoms with E-state index in [4.69, 9.17) is 11.6 Å². The van der Waals surface area contributed by atoms with Crippen molar-refractivity contribution in [1.29, 1.82) is 0 Å². The number of anilines is 2. The highest BCUT2D eigenvalue weighted by molar-refractivity contribution is 8.01. The first kappa shape index (κ1) is 22.0. The number of hydrogen-bond donors (Lipinski definition) is 2. The first-order chi connectivity index (χ1) is 15.2. The summed E-state index contributed by atoms with van der Waals surface area (Å²) in [6.07, 6.45) is 0. The number of nitrogens with zero attached hydrogens (tertiary/aromatic N) is 6. The molecule has 0 bridgehead atoms. The van der Waals surface area contributed by atoms with Crippen molar-refractivity contribution in [3.05, 3.63) is 49.9 Å². The van der Waals surface area contributed by atoms with Gasteiger partial charge in [-0.25, -0.2) is 19.0 Å². The topological polar surface area (TPSA) is 129 Å². The molecule has 2 amide bonds. The third-order valence-corrected chi connectivity index (χ3v) is 6.64. The van der Waals surface area contributed by atoms with Gasteiger partial charge in [0.2, 0.25) is 5.13 Å². The van der Waals surface area contributed by atoms with E-state index >= 15 is 0 Å². The van der Waals surface area contributed by atoms with Gasteiger partial charge in [-0.3, -0.25) is 19.2 Å². The van der Waals surface area contributed by atoms with Crippen LogP contribution in [-0.4, -0.2) is 34.9 Å². The summed E-state index contributed by atoms with van der Waals surface area (Å²) in [6.45, 7) is 0. The van der Waals surface area contributed by atoms with Crippen LogP contribution in [0.3, 0.4) is 0 Å². The fourth-order valence-electron chi connectivity index (χ4n) is 2.80. The van der Waals surface area contributed by atoms with Crippen LogP contribution in [0, 0.1) is 5.82 Å². The summed E-state index contributed by atoms with van der Waals surface area (Å²) in [5.41, 5.74) is -0.101. The summed E-state index contributed by atoms with van der Waals surface area (Å²) < 4.78 is 17.5. The van der Waals surface area contributed by atoms with Crippen molar-refractivity contribution in [3.8, 4) is 0 Å². The third kappa shape index (κ3) is 3.99.